The summed E-state index contributed by atoms with van der Waals surface area (Å²) in [6.45, 7) is 6.77. The second kappa shape index (κ2) is 4.32. The Morgan fingerprint density at radius 2 is 2.29 bits per heavy atom. The van der Waals surface area contributed by atoms with Crippen LogP contribution in [0.4, 0.5) is 0 Å². The fourth-order valence-corrected chi connectivity index (χ4v) is 1.84. The average molecular weight is 218 g/mol. The van der Waals surface area contributed by atoms with Crippen molar-refractivity contribution in [1.29, 1.82) is 0 Å². The van der Waals surface area contributed by atoms with Gasteiger partial charge in [-0.3, -0.25) is 4.79 Å². The van der Waals surface area contributed by atoms with Crippen molar-refractivity contribution in [3.8, 4) is 0 Å². The summed E-state index contributed by atoms with van der Waals surface area (Å²) in [5.41, 5.74) is -0.236. The van der Waals surface area contributed by atoms with Gasteiger partial charge in [-0.05, 0) is 19.8 Å². The maximum atomic E-state index is 11.5. The number of carbonyl (C=O) groups excluding carboxylic acids is 1. The molecule has 14 heavy (non-hydrogen) atoms. The molecule has 0 aromatic heterocycles. The van der Waals surface area contributed by atoms with Gasteiger partial charge in [0.1, 0.15) is 0 Å². The van der Waals surface area contributed by atoms with E-state index in [0.717, 1.165) is 19.4 Å². The van der Waals surface area contributed by atoms with Gasteiger partial charge in [0, 0.05) is 20.2 Å². The van der Waals surface area contributed by atoms with E-state index in [1.165, 1.54) is 0 Å². The van der Waals surface area contributed by atoms with Crippen LogP contribution in [0, 0.1) is 0 Å². The van der Waals surface area contributed by atoms with Crippen LogP contribution in [0.25, 0.3) is 0 Å². The minimum Gasteiger partial charge on any atom is -0.377 e. The quantitative estimate of drug-likeness (QED) is 0.660. The van der Waals surface area contributed by atoms with Crippen molar-refractivity contribution in [3.63, 3.8) is 0 Å². The number of amides is 1. The smallest absolute Gasteiger partial charge is 0.264 e. The number of hydrogen-bond donors (Lipinski definition) is 0. The Hall–Kier alpha value is -0.540. The lowest BCUT2D eigenvalue weighted by Crippen LogP contribution is -2.49. The first kappa shape index (κ1) is 11.5. The molecule has 1 atom stereocenters. The van der Waals surface area contributed by atoms with Crippen LogP contribution in [0.5, 0.6) is 0 Å². The number of ether oxygens (including phenoxy) is 1. The normalized spacial score (nSPS) is 27.5. The second-order valence-corrected chi connectivity index (χ2v) is 4.35. The molecule has 0 radical (unpaired) electrons. The van der Waals surface area contributed by atoms with Gasteiger partial charge in [-0.2, -0.15) is 0 Å². The van der Waals surface area contributed by atoms with E-state index < -0.39 is 0 Å². The number of likely N-dealkylation sites (tertiary alicyclic amines) is 1. The van der Waals surface area contributed by atoms with Crippen LogP contribution in [0.3, 0.4) is 0 Å². The molecule has 1 saturated heterocycles. The van der Waals surface area contributed by atoms with Gasteiger partial charge in [0.25, 0.3) is 5.91 Å². The lowest BCUT2D eigenvalue weighted by atomic mass is 9.95. The summed E-state index contributed by atoms with van der Waals surface area (Å²) in [7, 11) is 1.67. The van der Waals surface area contributed by atoms with Gasteiger partial charge in [0.2, 0.25) is 0 Å². The molecule has 1 amide bonds. The first-order valence-corrected chi connectivity index (χ1v) is 5.05. The third kappa shape index (κ3) is 2.49. The minimum absolute atomic E-state index is 0.0744. The monoisotopic (exact) mass is 217 g/mol. The van der Waals surface area contributed by atoms with Crippen molar-refractivity contribution in [2.24, 2.45) is 0 Å². The van der Waals surface area contributed by atoms with Crippen molar-refractivity contribution in [1.82, 2.24) is 4.90 Å². The Labute approximate surface area is 89.7 Å². The van der Waals surface area contributed by atoms with Crippen LogP contribution in [-0.4, -0.2) is 36.6 Å². The zero-order valence-electron chi connectivity index (χ0n) is 8.68. The van der Waals surface area contributed by atoms with Gasteiger partial charge in [-0.1, -0.05) is 18.2 Å². The van der Waals surface area contributed by atoms with E-state index in [0.29, 0.717) is 6.54 Å². The predicted molar refractivity (Wildman–Crippen MR) is 56.2 cm³/mol. The average Bonchev–Trinajstić information content (AvgIpc) is 2.16. The molecule has 1 fully saturated rings. The lowest BCUT2D eigenvalue weighted by Gasteiger charge is -2.39. The fourth-order valence-electron chi connectivity index (χ4n) is 1.72. The maximum absolute atomic E-state index is 11.5. The molecule has 0 saturated carbocycles. The highest BCUT2D eigenvalue weighted by Gasteiger charge is 2.33. The molecule has 4 heteroatoms. The zero-order chi connectivity index (χ0) is 10.8. The van der Waals surface area contributed by atoms with Crippen molar-refractivity contribution >= 4 is 17.5 Å². The topological polar surface area (TPSA) is 29.5 Å². The summed E-state index contributed by atoms with van der Waals surface area (Å²) in [5, 5.41) is 0.0744. The minimum atomic E-state index is -0.236. The molecule has 0 aromatic rings. The Balaban J connectivity index is 2.65. The van der Waals surface area contributed by atoms with Gasteiger partial charge < -0.3 is 9.64 Å². The van der Waals surface area contributed by atoms with Crippen LogP contribution in [0.2, 0.25) is 0 Å². The summed E-state index contributed by atoms with van der Waals surface area (Å²) >= 11 is 5.57. The highest BCUT2D eigenvalue weighted by Crippen LogP contribution is 2.24. The fraction of sp³-hybridized carbons (Fsp3) is 0.700. The van der Waals surface area contributed by atoms with Crippen LogP contribution < -0.4 is 0 Å². The number of nitrogens with zero attached hydrogens (tertiary/aromatic N) is 1. The van der Waals surface area contributed by atoms with Gasteiger partial charge in [0.15, 0.2) is 0 Å². The molecule has 1 rings (SSSR count). The number of hydrogen-bond acceptors (Lipinski definition) is 2. The van der Waals surface area contributed by atoms with E-state index in [9.17, 15) is 4.79 Å². The number of rotatable bonds is 2. The molecular weight excluding hydrogens is 202 g/mol. The molecule has 0 spiro atoms. The van der Waals surface area contributed by atoms with Crippen molar-refractivity contribution in [3.05, 3.63) is 11.6 Å². The van der Waals surface area contributed by atoms with Crippen LogP contribution >= 0.6 is 11.6 Å². The second-order valence-electron chi connectivity index (χ2n) is 3.89. The largest absolute Gasteiger partial charge is 0.377 e. The maximum Gasteiger partial charge on any atom is 0.264 e. The van der Waals surface area contributed by atoms with E-state index in [-0.39, 0.29) is 16.5 Å². The van der Waals surface area contributed by atoms with Crippen LogP contribution in [0.1, 0.15) is 19.8 Å². The number of halogens is 1. The number of carbonyl (C=O) groups is 1. The summed E-state index contributed by atoms with van der Waals surface area (Å²) in [6, 6.07) is 0. The highest BCUT2D eigenvalue weighted by atomic mass is 35.5. The van der Waals surface area contributed by atoms with Gasteiger partial charge in [-0.15, -0.1) is 0 Å². The van der Waals surface area contributed by atoms with E-state index in [1.54, 1.807) is 12.0 Å². The third-order valence-electron chi connectivity index (χ3n) is 2.67. The first-order valence-electron chi connectivity index (χ1n) is 4.67. The Bertz CT molecular complexity index is 255. The SMILES string of the molecule is C=C(Cl)C(=O)N1CCCC(C)(OC)C1. The molecule has 1 aliphatic heterocycles. The molecule has 1 unspecified atom stereocenters. The molecule has 0 bridgehead atoms. The first-order chi connectivity index (χ1) is 6.48. The van der Waals surface area contributed by atoms with E-state index >= 15 is 0 Å². The lowest BCUT2D eigenvalue weighted by molar-refractivity contribution is -0.134. The summed E-state index contributed by atoms with van der Waals surface area (Å²) in [5.74, 6) is -0.186. The van der Waals surface area contributed by atoms with Crippen molar-refractivity contribution in [2.45, 2.75) is 25.4 Å². The predicted octanol–water partition coefficient (Wildman–Crippen LogP) is 1.77. The Morgan fingerprint density at radius 3 is 2.79 bits per heavy atom. The molecule has 80 valence electrons. The van der Waals surface area contributed by atoms with Crippen molar-refractivity contribution in [2.75, 3.05) is 20.2 Å². The summed E-state index contributed by atoms with van der Waals surface area (Å²) in [4.78, 5) is 13.2. The van der Waals surface area contributed by atoms with Gasteiger partial charge in [0.05, 0.1) is 10.6 Å². The molecule has 0 aromatic carbocycles. The third-order valence-corrected chi connectivity index (χ3v) is 2.83. The van der Waals surface area contributed by atoms with Gasteiger partial charge in [-0.25, -0.2) is 0 Å². The zero-order valence-corrected chi connectivity index (χ0v) is 9.43. The molecular formula is C10H16ClNO2. The highest BCUT2D eigenvalue weighted by molar-refractivity contribution is 6.41. The summed E-state index contributed by atoms with van der Waals surface area (Å²) in [6.07, 6.45) is 1.92. The molecule has 3 nitrogen and oxygen atoms in total. The molecule has 1 aliphatic rings. The number of piperidine rings is 1. The van der Waals surface area contributed by atoms with Crippen LogP contribution in [0.15, 0.2) is 11.6 Å². The summed E-state index contributed by atoms with van der Waals surface area (Å²) < 4.78 is 5.37. The van der Waals surface area contributed by atoms with Crippen LogP contribution in [-0.2, 0) is 9.53 Å². The van der Waals surface area contributed by atoms with E-state index in [4.69, 9.17) is 16.3 Å². The standard InChI is InChI=1S/C10H16ClNO2/c1-8(11)9(13)12-6-4-5-10(2,7-12)14-3/h1,4-7H2,2-3H3. The molecule has 0 aliphatic carbocycles. The number of methoxy groups -OCH3 is 1. The molecule has 1 heterocycles. The van der Waals surface area contributed by atoms with E-state index in [1.807, 2.05) is 6.92 Å². The Morgan fingerprint density at radius 1 is 1.64 bits per heavy atom. The van der Waals surface area contributed by atoms with Crippen molar-refractivity contribution < 1.29 is 9.53 Å². The molecule has 0 N–H and O–H groups in total. The Kier molecular flexibility index (Phi) is 3.56. The van der Waals surface area contributed by atoms with E-state index in [2.05, 4.69) is 6.58 Å². The van der Waals surface area contributed by atoms with Gasteiger partial charge >= 0.3 is 0 Å².